The van der Waals surface area contributed by atoms with Gasteiger partial charge in [-0.2, -0.15) is 0 Å². The van der Waals surface area contributed by atoms with Gasteiger partial charge in [-0.15, -0.1) is 10.2 Å². The zero-order valence-corrected chi connectivity index (χ0v) is 9.60. The Kier molecular flexibility index (Phi) is 2.18. The maximum Gasteiger partial charge on any atom is 0.225 e. The van der Waals surface area contributed by atoms with Gasteiger partial charge in [0.25, 0.3) is 0 Å². The van der Waals surface area contributed by atoms with E-state index in [0.717, 1.165) is 16.7 Å². The quantitative estimate of drug-likeness (QED) is 0.675. The average molecular weight is 229 g/mol. The van der Waals surface area contributed by atoms with Crippen molar-refractivity contribution in [2.24, 2.45) is 0 Å². The van der Waals surface area contributed by atoms with Crippen LogP contribution in [-0.4, -0.2) is 15.2 Å². The van der Waals surface area contributed by atoms with Crippen molar-refractivity contribution in [1.82, 2.24) is 15.2 Å². The molecule has 0 aliphatic heterocycles. The lowest BCUT2D eigenvalue weighted by Crippen LogP contribution is -1.87. The highest BCUT2D eigenvalue weighted by atomic mass is 16.4. The third kappa shape index (κ3) is 1.91. The van der Waals surface area contributed by atoms with E-state index in [9.17, 15) is 0 Å². The van der Waals surface area contributed by atoms with Crippen LogP contribution in [0.4, 0.5) is 0 Å². The third-order valence-electron chi connectivity index (χ3n) is 2.46. The molecule has 0 aliphatic rings. The van der Waals surface area contributed by atoms with Crippen LogP contribution in [0.3, 0.4) is 0 Å². The minimum Gasteiger partial charge on any atom is -0.440 e. The molecule has 0 N–H and O–H groups in total. The van der Waals surface area contributed by atoms with Gasteiger partial charge in [-0.25, -0.2) is 4.98 Å². The Hall–Kier alpha value is -2.17. The summed E-state index contributed by atoms with van der Waals surface area (Å²) in [7, 11) is 0. The summed E-state index contributed by atoms with van der Waals surface area (Å²) in [6.45, 7) is 3.77. The summed E-state index contributed by atoms with van der Waals surface area (Å²) in [5.41, 5.74) is 2.78. The highest BCUT2D eigenvalue weighted by Gasteiger charge is 2.10. The van der Waals surface area contributed by atoms with E-state index in [1.165, 1.54) is 0 Å². The molecular weight excluding hydrogens is 218 g/mol. The van der Waals surface area contributed by atoms with Crippen molar-refractivity contribution >= 4 is 11.1 Å². The highest BCUT2D eigenvalue weighted by Crippen LogP contribution is 2.18. The Morgan fingerprint density at radius 1 is 1.06 bits per heavy atom. The molecule has 0 atom stereocenters. The van der Waals surface area contributed by atoms with E-state index in [1.54, 1.807) is 6.92 Å². The molecule has 86 valence electrons. The molecule has 3 aromatic rings. The number of nitrogens with zero attached hydrogens (tertiary/aromatic N) is 3. The Morgan fingerprint density at radius 3 is 2.71 bits per heavy atom. The van der Waals surface area contributed by atoms with Crippen molar-refractivity contribution in [3.05, 3.63) is 41.4 Å². The molecule has 0 unspecified atom stereocenters. The molecule has 0 aliphatic carbocycles. The van der Waals surface area contributed by atoms with Crippen molar-refractivity contribution < 1.29 is 8.83 Å². The van der Waals surface area contributed by atoms with Crippen LogP contribution in [0.5, 0.6) is 0 Å². The largest absolute Gasteiger partial charge is 0.440 e. The van der Waals surface area contributed by atoms with Crippen molar-refractivity contribution in [2.75, 3.05) is 0 Å². The Bertz CT molecular complexity index is 669. The summed E-state index contributed by atoms with van der Waals surface area (Å²) in [6, 6.07) is 5.91. The first kappa shape index (κ1) is 10.0. The monoisotopic (exact) mass is 229 g/mol. The Balaban J connectivity index is 1.95. The van der Waals surface area contributed by atoms with Crippen molar-refractivity contribution in [1.29, 1.82) is 0 Å². The third-order valence-corrected chi connectivity index (χ3v) is 2.46. The standard InChI is InChI=1S/C12H11N3O2/c1-7-3-4-9-10(5-7)17-11(13-9)6-12-15-14-8(2)16-12/h3-5H,6H2,1-2H3. The molecule has 5 nitrogen and oxygen atoms in total. The molecule has 1 aromatic carbocycles. The Morgan fingerprint density at radius 2 is 1.94 bits per heavy atom. The highest BCUT2D eigenvalue weighted by molar-refractivity contribution is 5.73. The summed E-state index contributed by atoms with van der Waals surface area (Å²) in [4.78, 5) is 4.36. The minimum atomic E-state index is 0.425. The van der Waals surface area contributed by atoms with Gasteiger partial charge in [0, 0.05) is 6.92 Å². The first-order valence-corrected chi connectivity index (χ1v) is 5.36. The molecule has 5 heteroatoms. The maximum absolute atomic E-state index is 5.62. The SMILES string of the molecule is Cc1ccc2nc(Cc3nnc(C)o3)oc2c1. The van der Waals surface area contributed by atoms with Crippen LogP contribution in [-0.2, 0) is 6.42 Å². The summed E-state index contributed by atoms with van der Waals surface area (Å²) < 4.78 is 10.9. The van der Waals surface area contributed by atoms with Crippen molar-refractivity contribution in [3.63, 3.8) is 0 Å². The predicted octanol–water partition coefficient (Wildman–Crippen LogP) is 2.42. The molecule has 0 saturated carbocycles. The molecule has 0 spiro atoms. The van der Waals surface area contributed by atoms with Crippen LogP contribution in [0.25, 0.3) is 11.1 Å². The fraction of sp³-hybridized carbons (Fsp3) is 0.250. The van der Waals surface area contributed by atoms with Crippen LogP contribution >= 0.6 is 0 Å². The average Bonchev–Trinajstić information content (AvgIpc) is 2.84. The Labute approximate surface area is 97.5 Å². The normalized spacial score (nSPS) is 11.2. The minimum absolute atomic E-state index is 0.425. The van der Waals surface area contributed by atoms with Crippen LogP contribution in [0.15, 0.2) is 27.0 Å². The van der Waals surface area contributed by atoms with E-state index < -0.39 is 0 Å². The lowest BCUT2D eigenvalue weighted by molar-refractivity contribution is 0.451. The second kappa shape index (κ2) is 3.69. The van der Waals surface area contributed by atoms with Gasteiger partial charge in [-0.3, -0.25) is 0 Å². The summed E-state index contributed by atoms with van der Waals surface area (Å²) in [5.74, 6) is 1.66. The molecule has 17 heavy (non-hydrogen) atoms. The van der Waals surface area contributed by atoms with Crippen LogP contribution in [0.1, 0.15) is 23.2 Å². The van der Waals surface area contributed by atoms with Gasteiger partial charge in [0.15, 0.2) is 5.58 Å². The van der Waals surface area contributed by atoms with E-state index in [0.29, 0.717) is 24.1 Å². The molecule has 2 aromatic heterocycles. The number of aryl methyl sites for hydroxylation is 2. The fourth-order valence-corrected chi connectivity index (χ4v) is 1.69. The van der Waals surface area contributed by atoms with E-state index >= 15 is 0 Å². The summed E-state index contributed by atoms with van der Waals surface area (Å²) in [5, 5.41) is 7.68. The smallest absolute Gasteiger partial charge is 0.225 e. The second-order valence-corrected chi connectivity index (χ2v) is 3.97. The zero-order chi connectivity index (χ0) is 11.8. The number of oxazole rings is 1. The van der Waals surface area contributed by atoms with Gasteiger partial charge >= 0.3 is 0 Å². The number of hydrogen-bond acceptors (Lipinski definition) is 5. The maximum atomic E-state index is 5.62. The topological polar surface area (TPSA) is 65.0 Å². The lowest BCUT2D eigenvalue weighted by atomic mass is 10.2. The zero-order valence-electron chi connectivity index (χ0n) is 9.60. The van der Waals surface area contributed by atoms with Gasteiger partial charge in [-0.05, 0) is 24.6 Å². The number of benzene rings is 1. The van der Waals surface area contributed by atoms with Gasteiger partial charge < -0.3 is 8.83 Å². The summed E-state index contributed by atoms with van der Waals surface area (Å²) >= 11 is 0. The van der Waals surface area contributed by atoms with E-state index in [4.69, 9.17) is 8.83 Å². The molecule has 3 rings (SSSR count). The van der Waals surface area contributed by atoms with Gasteiger partial charge in [0.2, 0.25) is 17.7 Å². The van der Waals surface area contributed by atoms with Crippen LogP contribution in [0.2, 0.25) is 0 Å². The van der Waals surface area contributed by atoms with Crippen LogP contribution in [0, 0.1) is 13.8 Å². The van der Waals surface area contributed by atoms with E-state index in [2.05, 4.69) is 15.2 Å². The number of rotatable bonds is 2. The lowest BCUT2D eigenvalue weighted by Gasteiger charge is -1.88. The number of hydrogen-bond donors (Lipinski definition) is 0. The van der Waals surface area contributed by atoms with Crippen molar-refractivity contribution in [2.45, 2.75) is 20.3 Å². The second-order valence-electron chi connectivity index (χ2n) is 3.97. The first-order chi connectivity index (χ1) is 8.20. The predicted molar refractivity (Wildman–Crippen MR) is 60.6 cm³/mol. The number of aromatic nitrogens is 3. The molecule has 0 fully saturated rings. The van der Waals surface area contributed by atoms with Gasteiger partial charge in [-0.1, -0.05) is 6.07 Å². The van der Waals surface area contributed by atoms with Gasteiger partial charge in [0.1, 0.15) is 11.9 Å². The van der Waals surface area contributed by atoms with E-state index in [1.807, 2.05) is 25.1 Å². The molecule has 2 heterocycles. The molecule has 0 saturated heterocycles. The molecule has 0 bridgehead atoms. The van der Waals surface area contributed by atoms with Crippen LogP contribution < -0.4 is 0 Å². The van der Waals surface area contributed by atoms with E-state index in [-0.39, 0.29) is 0 Å². The van der Waals surface area contributed by atoms with Gasteiger partial charge in [0.05, 0.1) is 0 Å². The molecular formula is C12H11N3O2. The fourth-order valence-electron chi connectivity index (χ4n) is 1.69. The molecule has 0 amide bonds. The summed E-state index contributed by atoms with van der Waals surface area (Å²) in [6.07, 6.45) is 0.425. The number of fused-ring (bicyclic) bond motifs is 1. The first-order valence-electron chi connectivity index (χ1n) is 5.36. The molecule has 0 radical (unpaired) electrons. The van der Waals surface area contributed by atoms with Crippen molar-refractivity contribution in [3.8, 4) is 0 Å².